The Morgan fingerprint density at radius 1 is 1.07 bits per heavy atom. The molecule has 30 heavy (non-hydrogen) atoms. The van der Waals surface area contributed by atoms with Crippen molar-refractivity contribution < 1.29 is 4.79 Å². The molecule has 5 rings (SSSR count). The first kappa shape index (κ1) is 19.2. The van der Waals surface area contributed by atoms with Gasteiger partial charge >= 0.3 is 0 Å². The van der Waals surface area contributed by atoms with Crippen LogP contribution < -0.4 is 10.2 Å². The molecule has 156 valence electrons. The number of carbonyl (C=O) groups excluding carboxylic acids is 1. The van der Waals surface area contributed by atoms with Gasteiger partial charge in [0.05, 0.1) is 18.8 Å². The first-order valence-electron chi connectivity index (χ1n) is 10.8. The van der Waals surface area contributed by atoms with E-state index in [0.29, 0.717) is 6.54 Å². The average molecular weight is 405 g/mol. The molecule has 0 unspecified atom stereocenters. The second kappa shape index (κ2) is 7.47. The molecule has 7 heteroatoms. The highest BCUT2D eigenvalue weighted by molar-refractivity contribution is 6.06. The van der Waals surface area contributed by atoms with E-state index in [-0.39, 0.29) is 5.91 Å². The van der Waals surface area contributed by atoms with E-state index in [2.05, 4.69) is 38.4 Å². The summed E-state index contributed by atoms with van der Waals surface area (Å²) < 4.78 is 0. The van der Waals surface area contributed by atoms with Gasteiger partial charge in [0.2, 0.25) is 11.9 Å². The lowest BCUT2D eigenvalue weighted by Crippen LogP contribution is -2.68. The van der Waals surface area contributed by atoms with Crippen molar-refractivity contribution in [2.24, 2.45) is 4.99 Å². The number of aromatic nitrogens is 2. The molecule has 0 atom stereocenters. The number of nitrogens with one attached hydrogen (secondary N) is 1. The van der Waals surface area contributed by atoms with Crippen LogP contribution in [0, 0.1) is 13.8 Å². The third kappa shape index (κ3) is 3.37. The standard InChI is InChI=1S/C23H28N6O/c1-16-13-17(2)27-22(26-16)28-10-7-23(8-11-28)21(30)29(12-9-25-23)15-20-19-6-4-3-5-18(19)14-24-20/h3-6,13,25H,7-12,14-15H2,1-2H3. The van der Waals surface area contributed by atoms with Crippen LogP contribution in [0.5, 0.6) is 0 Å². The zero-order valence-electron chi connectivity index (χ0n) is 17.7. The van der Waals surface area contributed by atoms with Crippen LogP contribution in [-0.2, 0) is 11.3 Å². The monoisotopic (exact) mass is 404 g/mol. The number of carbonyl (C=O) groups is 1. The third-order valence-corrected chi connectivity index (χ3v) is 6.52. The van der Waals surface area contributed by atoms with Crippen LogP contribution in [0.4, 0.5) is 5.95 Å². The Bertz CT molecular complexity index is 988. The van der Waals surface area contributed by atoms with Crippen LogP contribution in [0.15, 0.2) is 35.3 Å². The molecule has 0 saturated carbocycles. The van der Waals surface area contributed by atoms with Crippen LogP contribution in [0.25, 0.3) is 0 Å². The maximum absolute atomic E-state index is 13.5. The van der Waals surface area contributed by atoms with Gasteiger partial charge in [0.1, 0.15) is 5.54 Å². The van der Waals surface area contributed by atoms with Crippen LogP contribution in [0.3, 0.4) is 0 Å². The maximum Gasteiger partial charge on any atom is 0.243 e. The van der Waals surface area contributed by atoms with Gasteiger partial charge in [-0.05, 0) is 38.3 Å². The van der Waals surface area contributed by atoms with Crippen molar-refractivity contribution >= 4 is 17.6 Å². The topological polar surface area (TPSA) is 73.7 Å². The molecule has 0 aliphatic carbocycles. The lowest BCUT2D eigenvalue weighted by Gasteiger charge is -2.47. The summed E-state index contributed by atoms with van der Waals surface area (Å²) >= 11 is 0. The number of hydrogen-bond acceptors (Lipinski definition) is 6. The lowest BCUT2D eigenvalue weighted by molar-refractivity contribution is -0.141. The van der Waals surface area contributed by atoms with E-state index >= 15 is 0 Å². The van der Waals surface area contributed by atoms with E-state index in [1.165, 1.54) is 11.1 Å². The van der Waals surface area contributed by atoms with Gasteiger partial charge in [-0.1, -0.05) is 24.3 Å². The fraction of sp³-hybridized carbons (Fsp3) is 0.478. The predicted molar refractivity (Wildman–Crippen MR) is 117 cm³/mol. The Balaban J connectivity index is 1.28. The van der Waals surface area contributed by atoms with Crippen molar-refractivity contribution in [1.82, 2.24) is 20.2 Å². The molecule has 3 aliphatic heterocycles. The number of nitrogens with zero attached hydrogens (tertiary/aromatic N) is 5. The number of fused-ring (bicyclic) bond motifs is 1. The van der Waals surface area contributed by atoms with Crippen molar-refractivity contribution in [3.63, 3.8) is 0 Å². The van der Waals surface area contributed by atoms with E-state index in [9.17, 15) is 4.79 Å². The molecule has 3 aliphatic rings. The SMILES string of the molecule is Cc1cc(C)nc(N2CCC3(CC2)NCCN(CC2=NCc4ccccc42)C3=O)n1. The molecule has 2 saturated heterocycles. The minimum Gasteiger partial charge on any atom is -0.341 e. The number of amides is 1. The molecule has 1 amide bonds. The lowest BCUT2D eigenvalue weighted by atomic mass is 9.84. The number of rotatable bonds is 3. The Hall–Kier alpha value is -2.80. The van der Waals surface area contributed by atoms with Crippen molar-refractivity contribution in [1.29, 1.82) is 0 Å². The molecule has 0 radical (unpaired) electrons. The summed E-state index contributed by atoms with van der Waals surface area (Å²) in [5.74, 6) is 0.987. The number of aryl methyl sites for hydroxylation is 2. The highest BCUT2D eigenvalue weighted by Gasteiger charge is 2.46. The Morgan fingerprint density at radius 3 is 2.57 bits per heavy atom. The van der Waals surface area contributed by atoms with Crippen LogP contribution in [0.2, 0.25) is 0 Å². The number of anilines is 1. The summed E-state index contributed by atoms with van der Waals surface area (Å²) in [6.07, 6.45) is 1.53. The van der Waals surface area contributed by atoms with E-state index in [0.717, 1.165) is 68.6 Å². The summed E-state index contributed by atoms with van der Waals surface area (Å²) in [5.41, 5.74) is 4.97. The van der Waals surface area contributed by atoms with Gasteiger partial charge in [0.15, 0.2) is 0 Å². The van der Waals surface area contributed by atoms with Crippen molar-refractivity contribution in [3.8, 4) is 0 Å². The Kier molecular flexibility index (Phi) is 4.77. The minimum atomic E-state index is -0.480. The summed E-state index contributed by atoms with van der Waals surface area (Å²) in [5, 5.41) is 3.55. The fourth-order valence-electron chi connectivity index (χ4n) is 4.91. The molecule has 0 bridgehead atoms. The van der Waals surface area contributed by atoms with Crippen LogP contribution in [0.1, 0.15) is 35.4 Å². The molecule has 7 nitrogen and oxygen atoms in total. The average Bonchev–Trinajstić information content (AvgIpc) is 3.14. The number of benzene rings is 1. The number of hydrogen-bond donors (Lipinski definition) is 1. The van der Waals surface area contributed by atoms with Gasteiger partial charge in [0.25, 0.3) is 0 Å². The first-order chi connectivity index (χ1) is 14.5. The Morgan fingerprint density at radius 2 is 1.80 bits per heavy atom. The molecule has 1 aromatic heterocycles. The van der Waals surface area contributed by atoms with E-state index < -0.39 is 5.54 Å². The van der Waals surface area contributed by atoms with Gasteiger partial charge in [-0.3, -0.25) is 9.79 Å². The van der Waals surface area contributed by atoms with Gasteiger partial charge in [-0.15, -0.1) is 0 Å². The summed E-state index contributed by atoms with van der Waals surface area (Å²) in [6.45, 7) is 8.42. The molecule has 2 aromatic rings. The minimum absolute atomic E-state index is 0.210. The molecule has 4 heterocycles. The molecule has 1 aromatic carbocycles. The van der Waals surface area contributed by atoms with Crippen molar-refractivity contribution in [2.75, 3.05) is 37.6 Å². The Labute approximate surface area is 177 Å². The fourth-order valence-corrected chi connectivity index (χ4v) is 4.91. The van der Waals surface area contributed by atoms with E-state index in [4.69, 9.17) is 4.99 Å². The molecule has 1 N–H and O–H groups in total. The molecular weight excluding hydrogens is 376 g/mol. The van der Waals surface area contributed by atoms with Crippen LogP contribution in [-0.4, -0.2) is 64.7 Å². The largest absolute Gasteiger partial charge is 0.341 e. The smallest absolute Gasteiger partial charge is 0.243 e. The van der Waals surface area contributed by atoms with Gasteiger partial charge in [0, 0.05) is 43.1 Å². The van der Waals surface area contributed by atoms with Crippen molar-refractivity contribution in [3.05, 3.63) is 52.8 Å². The second-order valence-corrected chi connectivity index (χ2v) is 8.59. The van der Waals surface area contributed by atoms with E-state index in [1.54, 1.807) is 0 Å². The van der Waals surface area contributed by atoms with E-state index in [1.807, 2.05) is 30.9 Å². The number of piperidine rings is 1. The quantitative estimate of drug-likeness (QED) is 0.845. The zero-order chi connectivity index (χ0) is 20.7. The van der Waals surface area contributed by atoms with Gasteiger partial charge < -0.3 is 15.1 Å². The van der Waals surface area contributed by atoms with Gasteiger partial charge in [-0.25, -0.2) is 9.97 Å². The highest BCUT2D eigenvalue weighted by atomic mass is 16.2. The summed E-state index contributed by atoms with van der Waals surface area (Å²) in [7, 11) is 0. The predicted octanol–water partition coefficient (Wildman–Crippen LogP) is 1.87. The zero-order valence-corrected chi connectivity index (χ0v) is 17.7. The summed E-state index contributed by atoms with van der Waals surface area (Å²) in [6, 6.07) is 10.3. The molecular formula is C23H28N6O. The molecule has 2 fully saturated rings. The maximum atomic E-state index is 13.5. The highest BCUT2D eigenvalue weighted by Crippen LogP contribution is 2.29. The first-order valence-corrected chi connectivity index (χ1v) is 10.8. The normalized spacial score (nSPS) is 20.5. The molecule has 1 spiro atoms. The summed E-state index contributed by atoms with van der Waals surface area (Å²) in [4.78, 5) is 31.6. The second-order valence-electron chi connectivity index (χ2n) is 8.59. The van der Waals surface area contributed by atoms with Crippen LogP contribution >= 0.6 is 0 Å². The third-order valence-electron chi connectivity index (χ3n) is 6.52. The van der Waals surface area contributed by atoms with Gasteiger partial charge in [-0.2, -0.15) is 0 Å². The van der Waals surface area contributed by atoms with Crippen molar-refractivity contribution in [2.45, 2.75) is 38.8 Å². The number of aliphatic imine (C=N–C) groups is 1. The number of piperazine rings is 1.